The van der Waals surface area contributed by atoms with Crippen LogP contribution in [-0.4, -0.2) is 44.6 Å². The van der Waals surface area contributed by atoms with Gasteiger partial charge in [0.1, 0.15) is 10.8 Å². The Balaban J connectivity index is 0.000000292. The van der Waals surface area contributed by atoms with Crippen molar-refractivity contribution in [3.05, 3.63) is 86.8 Å². The van der Waals surface area contributed by atoms with E-state index in [-0.39, 0.29) is 28.5 Å². The molecule has 1 atom stereocenters. The van der Waals surface area contributed by atoms with Crippen molar-refractivity contribution >= 4 is 28.6 Å². The fraction of sp³-hybridized carbons (Fsp3) is 0.471. The summed E-state index contributed by atoms with van der Waals surface area (Å²) in [6.07, 6.45) is 4.64. The second kappa shape index (κ2) is 15.5. The molecule has 8 N–H and O–H groups in total. The lowest BCUT2D eigenvalue weighted by atomic mass is 9.90. The lowest BCUT2D eigenvalue weighted by Crippen LogP contribution is -2.23. The van der Waals surface area contributed by atoms with Crippen LogP contribution in [0.25, 0.3) is 16.7 Å². The van der Waals surface area contributed by atoms with E-state index in [9.17, 15) is 4.79 Å². The van der Waals surface area contributed by atoms with E-state index in [1.165, 1.54) is 5.56 Å². The lowest BCUT2D eigenvalue weighted by molar-refractivity contribution is 0.566. The number of hydrogen-bond donors (Lipinski definition) is 5. The van der Waals surface area contributed by atoms with Crippen molar-refractivity contribution < 1.29 is 0 Å². The van der Waals surface area contributed by atoms with Gasteiger partial charge in [-0.25, -0.2) is 9.78 Å². The Morgan fingerprint density at radius 2 is 1.71 bits per heavy atom. The number of nitrogens with zero attached hydrogens (tertiary/aromatic N) is 4. The highest BCUT2D eigenvalue weighted by Gasteiger charge is 2.18. The third kappa shape index (κ3) is 11.3. The van der Waals surface area contributed by atoms with E-state index in [1.54, 1.807) is 4.57 Å². The zero-order valence-electron chi connectivity index (χ0n) is 27.7. The number of rotatable bonds is 10. The highest BCUT2D eigenvalue weighted by atomic mass is 35.5. The summed E-state index contributed by atoms with van der Waals surface area (Å²) in [4.78, 5) is 28.3. The van der Waals surface area contributed by atoms with E-state index in [2.05, 4.69) is 78.9 Å². The minimum atomic E-state index is -0.301. The van der Waals surface area contributed by atoms with Crippen LogP contribution in [0.1, 0.15) is 83.8 Å². The Hall–Kier alpha value is -3.73. The van der Waals surface area contributed by atoms with Crippen molar-refractivity contribution in [1.82, 2.24) is 24.8 Å². The number of aliphatic imine (C=N–C) groups is 1. The second-order valence-electron chi connectivity index (χ2n) is 13.6. The van der Waals surface area contributed by atoms with Crippen molar-refractivity contribution in [2.45, 2.75) is 91.1 Å². The Kier molecular flexibility index (Phi) is 12.3. The first-order valence-corrected chi connectivity index (χ1v) is 15.8. The summed E-state index contributed by atoms with van der Waals surface area (Å²) in [6, 6.07) is 14.2. The summed E-state index contributed by atoms with van der Waals surface area (Å²) in [5, 5.41) is 4.84. The molecule has 0 spiro atoms. The van der Waals surface area contributed by atoms with Crippen molar-refractivity contribution in [3.63, 3.8) is 0 Å². The number of nitrogens with two attached hydrogens (primary N) is 3. The predicted octanol–water partition coefficient (Wildman–Crippen LogP) is 5.08. The number of halogens is 1. The minimum absolute atomic E-state index is 0.0352. The third-order valence-electron chi connectivity index (χ3n) is 7.18. The highest BCUT2D eigenvalue weighted by Crippen LogP contribution is 2.25. The molecule has 0 aliphatic heterocycles. The summed E-state index contributed by atoms with van der Waals surface area (Å²) in [7, 11) is 0. The molecule has 0 aliphatic carbocycles. The molecule has 10 nitrogen and oxygen atoms in total. The predicted molar refractivity (Wildman–Crippen MR) is 187 cm³/mol. The number of pyridine rings is 1. The molecule has 0 saturated carbocycles. The van der Waals surface area contributed by atoms with Gasteiger partial charge < -0.3 is 27.5 Å². The van der Waals surface area contributed by atoms with Crippen LogP contribution in [0.3, 0.4) is 0 Å². The topological polar surface area (TPSA) is 166 Å². The van der Waals surface area contributed by atoms with E-state index in [4.69, 9.17) is 28.8 Å². The molecule has 45 heavy (non-hydrogen) atoms. The lowest BCUT2D eigenvalue weighted by Gasteiger charge is -2.19. The molecule has 0 amide bonds. The largest absolute Gasteiger partial charge is 0.370 e. The number of benzene rings is 1. The van der Waals surface area contributed by atoms with Gasteiger partial charge in [0.25, 0.3) is 0 Å². The summed E-state index contributed by atoms with van der Waals surface area (Å²) in [5.41, 5.74) is 21.9. The van der Waals surface area contributed by atoms with Crippen LogP contribution in [0, 0.1) is 0 Å². The van der Waals surface area contributed by atoms with Gasteiger partial charge in [0, 0.05) is 52.9 Å². The zero-order chi connectivity index (χ0) is 33.4. The van der Waals surface area contributed by atoms with E-state index >= 15 is 0 Å². The molecule has 3 heterocycles. The average molecular weight is 636 g/mol. The summed E-state index contributed by atoms with van der Waals surface area (Å²) in [5.74, 6) is 0.123. The Morgan fingerprint density at radius 1 is 1.02 bits per heavy atom. The van der Waals surface area contributed by atoms with Gasteiger partial charge >= 0.3 is 5.69 Å². The number of guanidine groups is 1. The molecular formula is C34H50ClN9O. The molecule has 244 valence electrons. The molecule has 0 unspecified atom stereocenters. The SMILES string of the molecule is CC(C)(C)c1cc2cn(-c3ccc(CNCCCN=C(N)N)cc3)c(=O)nc2[nH]1.C[C@@H](N)CCc1cc(Cl)nc(C(C)(C)C)c1. The number of aryl methyl sites for hydroxylation is 1. The quantitative estimate of drug-likeness (QED) is 0.0701. The van der Waals surface area contributed by atoms with E-state index in [0.717, 1.165) is 60.4 Å². The Morgan fingerprint density at radius 3 is 2.31 bits per heavy atom. The van der Waals surface area contributed by atoms with E-state index < -0.39 is 0 Å². The molecule has 0 bridgehead atoms. The summed E-state index contributed by atoms with van der Waals surface area (Å²) in [6.45, 7) is 17.0. The van der Waals surface area contributed by atoms with Crippen molar-refractivity contribution in [2.75, 3.05) is 13.1 Å². The standard InChI is InChI=1S/C21H29N7O.C13H21ClN2/c1-21(2,3)17-11-15-13-28(20(29)27-18(15)26-17)16-7-5-14(6-8-16)12-24-9-4-10-25-19(22)23;1-9(15)5-6-10-7-11(13(2,3)4)16-12(14)8-10/h5-8,11,13,24H,4,9-10,12H2,1-3H3,(H4,22,23,25)(H,26,27,29);7-9H,5-6,15H2,1-4H3/t;9-/m.1/s1. The second-order valence-corrected chi connectivity index (χ2v) is 14.0. The van der Waals surface area contributed by atoms with Crippen LogP contribution in [-0.2, 0) is 23.8 Å². The number of fused-ring (bicyclic) bond motifs is 1. The molecule has 4 rings (SSSR count). The first kappa shape index (κ1) is 35.7. The van der Waals surface area contributed by atoms with Crippen molar-refractivity contribution in [2.24, 2.45) is 22.2 Å². The Bertz CT molecular complexity index is 1620. The Labute approximate surface area is 271 Å². The molecule has 0 aliphatic rings. The number of H-pyrrole nitrogens is 1. The van der Waals surface area contributed by atoms with Gasteiger partial charge in [0.05, 0.1) is 5.69 Å². The first-order valence-electron chi connectivity index (χ1n) is 15.4. The maximum Gasteiger partial charge on any atom is 0.354 e. The highest BCUT2D eigenvalue weighted by molar-refractivity contribution is 6.29. The molecule has 1 aromatic carbocycles. The van der Waals surface area contributed by atoms with E-state index in [0.29, 0.717) is 17.3 Å². The van der Waals surface area contributed by atoms with Gasteiger partial charge in [0.15, 0.2) is 5.96 Å². The number of aromatic nitrogens is 4. The van der Waals surface area contributed by atoms with Crippen LogP contribution in [0.5, 0.6) is 0 Å². The molecule has 3 aromatic heterocycles. The maximum absolute atomic E-state index is 12.5. The van der Waals surface area contributed by atoms with Gasteiger partial charge in [-0.15, -0.1) is 0 Å². The molecule has 0 radical (unpaired) electrons. The number of nitrogens with one attached hydrogen (secondary N) is 2. The van der Waals surface area contributed by atoms with Crippen LogP contribution in [0.15, 0.2) is 58.4 Å². The monoisotopic (exact) mass is 635 g/mol. The number of hydrogen-bond acceptors (Lipinski definition) is 6. The van der Waals surface area contributed by atoms with Crippen LogP contribution in [0.4, 0.5) is 0 Å². The third-order valence-corrected chi connectivity index (χ3v) is 7.37. The minimum Gasteiger partial charge on any atom is -0.370 e. The smallest absolute Gasteiger partial charge is 0.354 e. The van der Waals surface area contributed by atoms with Crippen LogP contribution in [0.2, 0.25) is 5.15 Å². The van der Waals surface area contributed by atoms with Crippen LogP contribution >= 0.6 is 11.6 Å². The maximum atomic E-state index is 12.5. The molecular weight excluding hydrogens is 586 g/mol. The fourth-order valence-electron chi connectivity index (χ4n) is 4.48. The molecule has 11 heteroatoms. The van der Waals surface area contributed by atoms with Gasteiger partial charge in [-0.05, 0) is 74.2 Å². The molecule has 4 aromatic rings. The van der Waals surface area contributed by atoms with Crippen molar-refractivity contribution in [1.29, 1.82) is 0 Å². The van der Waals surface area contributed by atoms with Gasteiger partial charge in [-0.2, -0.15) is 4.98 Å². The normalized spacial score (nSPS) is 12.5. The molecule has 0 saturated heterocycles. The average Bonchev–Trinajstić information content (AvgIpc) is 3.37. The molecule has 0 fully saturated rings. The van der Waals surface area contributed by atoms with E-state index in [1.807, 2.05) is 43.5 Å². The fourth-order valence-corrected chi connectivity index (χ4v) is 4.71. The first-order chi connectivity index (χ1) is 21.0. The number of aromatic amines is 1. The van der Waals surface area contributed by atoms with Crippen molar-refractivity contribution in [3.8, 4) is 5.69 Å². The van der Waals surface area contributed by atoms with Gasteiger partial charge in [-0.3, -0.25) is 9.56 Å². The summed E-state index contributed by atoms with van der Waals surface area (Å²) < 4.78 is 1.58. The van der Waals surface area contributed by atoms with Gasteiger partial charge in [-0.1, -0.05) is 65.3 Å². The zero-order valence-corrected chi connectivity index (χ0v) is 28.5. The van der Waals surface area contributed by atoms with Gasteiger partial charge in [0.2, 0.25) is 0 Å². The van der Waals surface area contributed by atoms with Crippen LogP contribution < -0.4 is 28.2 Å². The summed E-state index contributed by atoms with van der Waals surface area (Å²) >= 11 is 6.03.